The maximum Gasteiger partial charge on any atom is 0.0596 e. The van der Waals surface area contributed by atoms with Crippen molar-refractivity contribution in [3.8, 4) is 0 Å². The number of aryl methyl sites for hydroxylation is 2. The minimum absolute atomic E-state index is 0.323. The van der Waals surface area contributed by atoms with Gasteiger partial charge in [-0.05, 0) is 43.7 Å². The van der Waals surface area contributed by atoms with Gasteiger partial charge in [-0.3, -0.25) is 4.68 Å². The van der Waals surface area contributed by atoms with Gasteiger partial charge in [-0.25, -0.2) is 0 Å². The van der Waals surface area contributed by atoms with E-state index in [0.29, 0.717) is 11.3 Å². The van der Waals surface area contributed by atoms with Crippen LogP contribution in [0, 0.1) is 18.3 Å². The molecule has 0 aliphatic carbocycles. The molecule has 0 aliphatic rings. The summed E-state index contributed by atoms with van der Waals surface area (Å²) < 4.78 is 2.03. The van der Waals surface area contributed by atoms with Crippen LogP contribution in [0.4, 0.5) is 0 Å². The summed E-state index contributed by atoms with van der Waals surface area (Å²) in [7, 11) is 2.05. The summed E-state index contributed by atoms with van der Waals surface area (Å²) >= 11 is 0. The van der Waals surface area contributed by atoms with E-state index in [2.05, 4.69) is 58.1 Å². The highest BCUT2D eigenvalue weighted by atomic mass is 15.3. The first kappa shape index (κ1) is 16.2. The average Bonchev–Trinajstić information content (AvgIpc) is 2.56. The zero-order valence-corrected chi connectivity index (χ0v) is 13.6. The SMILES string of the molecule is CCCC(C)(CNCC(C)C)Cc1cc(C)nn1C. The van der Waals surface area contributed by atoms with Gasteiger partial charge in [0.1, 0.15) is 0 Å². The van der Waals surface area contributed by atoms with Crippen LogP contribution in [-0.2, 0) is 13.5 Å². The molecule has 1 atom stereocenters. The van der Waals surface area contributed by atoms with E-state index in [9.17, 15) is 0 Å². The lowest BCUT2D eigenvalue weighted by molar-refractivity contribution is 0.265. The van der Waals surface area contributed by atoms with Crippen molar-refractivity contribution in [1.82, 2.24) is 15.1 Å². The lowest BCUT2D eigenvalue weighted by Crippen LogP contribution is -2.36. The molecule has 1 rings (SSSR count). The van der Waals surface area contributed by atoms with Crippen molar-refractivity contribution in [3.63, 3.8) is 0 Å². The molecule has 0 saturated carbocycles. The average molecular weight is 265 g/mol. The Morgan fingerprint density at radius 3 is 2.58 bits per heavy atom. The van der Waals surface area contributed by atoms with E-state index in [0.717, 1.165) is 25.2 Å². The first-order valence-electron chi connectivity index (χ1n) is 7.56. The summed E-state index contributed by atoms with van der Waals surface area (Å²) in [6.07, 6.45) is 3.59. The quantitative estimate of drug-likeness (QED) is 0.781. The van der Waals surface area contributed by atoms with Crippen molar-refractivity contribution < 1.29 is 0 Å². The van der Waals surface area contributed by atoms with E-state index in [1.54, 1.807) is 0 Å². The summed E-state index contributed by atoms with van der Waals surface area (Å²) in [6, 6.07) is 2.22. The molecule has 0 fully saturated rings. The molecule has 3 heteroatoms. The molecule has 0 aromatic carbocycles. The zero-order chi connectivity index (χ0) is 14.5. The van der Waals surface area contributed by atoms with E-state index >= 15 is 0 Å². The molecule has 0 aliphatic heterocycles. The van der Waals surface area contributed by atoms with Crippen LogP contribution >= 0.6 is 0 Å². The highest BCUT2D eigenvalue weighted by Gasteiger charge is 2.25. The molecule has 19 heavy (non-hydrogen) atoms. The minimum Gasteiger partial charge on any atom is -0.316 e. The molecule has 0 spiro atoms. The lowest BCUT2D eigenvalue weighted by atomic mass is 9.81. The Bertz CT molecular complexity index is 381. The maximum atomic E-state index is 4.46. The zero-order valence-electron chi connectivity index (χ0n) is 13.6. The summed E-state index contributed by atoms with van der Waals surface area (Å²) in [5, 5.41) is 8.09. The van der Waals surface area contributed by atoms with Gasteiger partial charge in [0.05, 0.1) is 5.69 Å². The van der Waals surface area contributed by atoms with Crippen LogP contribution in [0.3, 0.4) is 0 Å². The van der Waals surface area contributed by atoms with Gasteiger partial charge in [-0.2, -0.15) is 5.10 Å². The molecule has 1 unspecified atom stereocenters. The van der Waals surface area contributed by atoms with Gasteiger partial charge in [-0.15, -0.1) is 0 Å². The first-order valence-corrected chi connectivity index (χ1v) is 7.56. The standard InChI is InChI=1S/C16H31N3/c1-7-8-16(5,12-17-11-13(2)3)10-15-9-14(4)18-19(15)6/h9,13,17H,7-8,10-12H2,1-6H3. The Hall–Kier alpha value is -0.830. The largest absolute Gasteiger partial charge is 0.316 e. The molecule has 1 N–H and O–H groups in total. The first-order chi connectivity index (χ1) is 8.86. The Morgan fingerprint density at radius 2 is 2.11 bits per heavy atom. The molecule has 0 saturated heterocycles. The number of hydrogen-bond donors (Lipinski definition) is 1. The summed E-state index contributed by atoms with van der Waals surface area (Å²) in [4.78, 5) is 0. The van der Waals surface area contributed by atoms with Crippen molar-refractivity contribution in [3.05, 3.63) is 17.5 Å². The van der Waals surface area contributed by atoms with Crippen molar-refractivity contribution in [2.75, 3.05) is 13.1 Å². The molecule has 3 nitrogen and oxygen atoms in total. The second-order valence-corrected chi connectivity index (χ2v) is 6.66. The fourth-order valence-corrected chi connectivity index (χ4v) is 2.77. The predicted octanol–water partition coefficient (Wildman–Crippen LogP) is 3.32. The number of aromatic nitrogens is 2. The Kier molecular flexibility index (Phi) is 6.05. The Balaban J connectivity index is 2.67. The van der Waals surface area contributed by atoms with Crippen molar-refractivity contribution in [2.45, 2.75) is 53.9 Å². The van der Waals surface area contributed by atoms with Gasteiger partial charge in [0.2, 0.25) is 0 Å². The third kappa shape index (κ3) is 5.35. The van der Waals surface area contributed by atoms with E-state index in [1.165, 1.54) is 18.5 Å². The van der Waals surface area contributed by atoms with E-state index < -0.39 is 0 Å². The smallest absolute Gasteiger partial charge is 0.0596 e. The second kappa shape index (κ2) is 7.09. The van der Waals surface area contributed by atoms with Crippen LogP contribution in [0.25, 0.3) is 0 Å². The molecule has 1 aromatic heterocycles. The van der Waals surface area contributed by atoms with Crippen molar-refractivity contribution in [1.29, 1.82) is 0 Å². The topological polar surface area (TPSA) is 29.9 Å². The van der Waals surface area contributed by atoms with Crippen LogP contribution in [0.1, 0.15) is 51.9 Å². The van der Waals surface area contributed by atoms with Gasteiger partial charge in [0.15, 0.2) is 0 Å². The molecular formula is C16H31N3. The van der Waals surface area contributed by atoms with Gasteiger partial charge < -0.3 is 5.32 Å². The molecule has 0 amide bonds. The van der Waals surface area contributed by atoms with Crippen molar-refractivity contribution in [2.24, 2.45) is 18.4 Å². The monoisotopic (exact) mass is 265 g/mol. The number of nitrogens with one attached hydrogen (secondary N) is 1. The van der Waals surface area contributed by atoms with Crippen LogP contribution < -0.4 is 5.32 Å². The summed E-state index contributed by atoms with van der Waals surface area (Å²) in [5.41, 5.74) is 2.79. The van der Waals surface area contributed by atoms with E-state index in [1.807, 2.05) is 4.68 Å². The Labute approximate surface area is 118 Å². The molecule has 1 aromatic rings. The normalized spacial score (nSPS) is 14.9. The van der Waals surface area contributed by atoms with Gasteiger partial charge in [-0.1, -0.05) is 34.1 Å². The highest BCUT2D eigenvalue weighted by Crippen LogP contribution is 2.27. The van der Waals surface area contributed by atoms with Crippen LogP contribution in [0.2, 0.25) is 0 Å². The lowest BCUT2D eigenvalue weighted by Gasteiger charge is -2.30. The Morgan fingerprint density at radius 1 is 1.42 bits per heavy atom. The molecule has 1 heterocycles. The van der Waals surface area contributed by atoms with E-state index in [-0.39, 0.29) is 0 Å². The van der Waals surface area contributed by atoms with Gasteiger partial charge in [0.25, 0.3) is 0 Å². The number of rotatable bonds is 8. The minimum atomic E-state index is 0.323. The molecule has 110 valence electrons. The molecule has 0 bridgehead atoms. The number of hydrogen-bond acceptors (Lipinski definition) is 2. The molecular weight excluding hydrogens is 234 g/mol. The van der Waals surface area contributed by atoms with Gasteiger partial charge in [0, 0.05) is 19.3 Å². The summed E-state index contributed by atoms with van der Waals surface area (Å²) in [6.45, 7) is 13.4. The highest BCUT2D eigenvalue weighted by molar-refractivity contribution is 5.10. The third-order valence-corrected chi connectivity index (χ3v) is 3.66. The fourth-order valence-electron chi connectivity index (χ4n) is 2.77. The van der Waals surface area contributed by atoms with Crippen molar-refractivity contribution >= 4 is 0 Å². The summed E-state index contributed by atoms with van der Waals surface area (Å²) in [5.74, 6) is 0.713. The molecule has 0 radical (unpaired) electrons. The predicted molar refractivity (Wildman–Crippen MR) is 82.4 cm³/mol. The third-order valence-electron chi connectivity index (χ3n) is 3.66. The van der Waals surface area contributed by atoms with E-state index in [4.69, 9.17) is 0 Å². The van der Waals surface area contributed by atoms with Crippen LogP contribution in [0.5, 0.6) is 0 Å². The van der Waals surface area contributed by atoms with Crippen LogP contribution in [0.15, 0.2) is 6.07 Å². The fraction of sp³-hybridized carbons (Fsp3) is 0.812. The second-order valence-electron chi connectivity index (χ2n) is 6.66. The number of nitrogens with zero attached hydrogens (tertiary/aromatic N) is 2. The maximum absolute atomic E-state index is 4.46. The van der Waals surface area contributed by atoms with Crippen LogP contribution in [-0.4, -0.2) is 22.9 Å². The van der Waals surface area contributed by atoms with Gasteiger partial charge >= 0.3 is 0 Å².